The molecule has 1 atom stereocenters. The summed E-state index contributed by atoms with van der Waals surface area (Å²) < 4.78 is 9.66. The number of nitrogens with one attached hydrogen (secondary N) is 1. The number of hydrogen-bond donors (Lipinski definition) is 1. The highest BCUT2D eigenvalue weighted by Crippen LogP contribution is 2.31. The number of piperidine rings is 1. The third kappa shape index (κ3) is 3.75. The van der Waals surface area contributed by atoms with Crippen LogP contribution in [-0.2, 0) is 11.8 Å². The van der Waals surface area contributed by atoms with Crippen LogP contribution in [-0.4, -0.2) is 73.7 Å². The van der Waals surface area contributed by atoms with Crippen molar-refractivity contribution < 1.29 is 4.74 Å². The van der Waals surface area contributed by atoms with Crippen LogP contribution >= 0.6 is 0 Å². The Balaban J connectivity index is 1.47. The number of aromatic nitrogens is 7. The molecular formula is C23H27N9O. The van der Waals surface area contributed by atoms with Crippen LogP contribution in [0.15, 0.2) is 36.8 Å². The topological polar surface area (TPSA) is 98.8 Å². The first-order valence-electron chi connectivity index (χ1n) is 11.5. The van der Waals surface area contributed by atoms with E-state index in [1.54, 1.807) is 12.4 Å². The lowest BCUT2D eigenvalue weighted by Crippen LogP contribution is -2.37. The number of fused-ring (bicyclic) bond motifs is 1. The van der Waals surface area contributed by atoms with Crippen LogP contribution in [0.3, 0.4) is 0 Å². The van der Waals surface area contributed by atoms with Gasteiger partial charge in [-0.15, -0.1) is 0 Å². The van der Waals surface area contributed by atoms with Crippen LogP contribution in [0.4, 0.5) is 5.82 Å². The average molecular weight is 446 g/mol. The number of ether oxygens (including phenoxy) is 1. The highest BCUT2D eigenvalue weighted by Gasteiger charge is 2.24. The van der Waals surface area contributed by atoms with Gasteiger partial charge in [-0.3, -0.25) is 9.67 Å². The Kier molecular flexibility index (Phi) is 5.23. The zero-order valence-electron chi connectivity index (χ0n) is 18.7. The van der Waals surface area contributed by atoms with Crippen LogP contribution in [0.2, 0.25) is 0 Å². The number of aryl methyl sites for hydroxylation is 1. The first-order chi connectivity index (χ1) is 16.3. The Hall–Kier alpha value is -3.37. The summed E-state index contributed by atoms with van der Waals surface area (Å²) in [7, 11) is 2.00. The molecule has 0 aromatic carbocycles. The average Bonchev–Trinajstić information content (AvgIpc) is 3.51. The highest BCUT2D eigenvalue weighted by atomic mass is 16.5. The molecule has 0 spiro atoms. The molecule has 0 bridgehead atoms. The summed E-state index contributed by atoms with van der Waals surface area (Å²) in [6.45, 7) is 4.91. The Morgan fingerprint density at radius 1 is 1.06 bits per heavy atom. The van der Waals surface area contributed by atoms with Crippen LogP contribution in [0.5, 0.6) is 0 Å². The van der Waals surface area contributed by atoms with E-state index in [2.05, 4.69) is 19.9 Å². The maximum atomic E-state index is 5.58. The minimum Gasteiger partial charge on any atom is -0.378 e. The molecule has 0 radical (unpaired) electrons. The Labute approximate surface area is 191 Å². The van der Waals surface area contributed by atoms with Crippen molar-refractivity contribution >= 4 is 17.0 Å². The van der Waals surface area contributed by atoms with E-state index in [-0.39, 0.29) is 0 Å². The number of anilines is 1. The van der Waals surface area contributed by atoms with Gasteiger partial charge in [0.05, 0.1) is 19.3 Å². The Morgan fingerprint density at radius 3 is 2.70 bits per heavy atom. The molecular weight excluding hydrogens is 418 g/mol. The Bertz CT molecular complexity index is 1250. The van der Waals surface area contributed by atoms with Gasteiger partial charge >= 0.3 is 0 Å². The first-order valence-corrected chi connectivity index (χ1v) is 11.5. The minimum absolute atomic E-state index is 0.366. The van der Waals surface area contributed by atoms with Crippen LogP contribution < -0.4 is 10.2 Å². The lowest BCUT2D eigenvalue weighted by Gasteiger charge is -2.28. The number of pyridine rings is 1. The van der Waals surface area contributed by atoms with E-state index < -0.39 is 0 Å². The zero-order chi connectivity index (χ0) is 22.2. The van der Waals surface area contributed by atoms with E-state index in [9.17, 15) is 0 Å². The molecule has 2 saturated heterocycles. The van der Waals surface area contributed by atoms with E-state index in [1.165, 1.54) is 0 Å². The Morgan fingerprint density at radius 2 is 1.91 bits per heavy atom. The maximum Gasteiger partial charge on any atom is 0.184 e. The van der Waals surface area contributed by atoms with Gasteiger partial charge in [0.15, 0.2) is 22.8 Å². The fraction of sp³-hybridized carbons (Fsp3) is 0.435. The molecule has 6 rings (SSSR count). The fourth-order valence-electron chi connectivity index (χ4n) is 4.64. The molecule has 10 heteroatoms. The predicted octanol–water partition coefficient (Wildman–Crippen LogP) is 2.05. The number of imidazole rings is 1. The number of morpholine rings is 1. The molecule has 4 aromatic heterocycles. The summed E-state index contributed by atoms with van der Waals surface area (Å²) in [5.41, 5.74) is 3.37. The van der Waals surface area contributed by atoms with Gasteiger partial charge in [0.2, 0.25) is 0 Å². The quantitative estimate of drug-likeness (QED) is 0.510. The van der Waals surface area contributed by atoms with Crippen molar-refractivity contribution in [3.05, 3.63) is 36.8 Å². The van der Waals surface area contributed by atoms with E-state index >= 15 is 0 Å². The van der Waals surface area contributed by atoms with Crippen molar-refractivity contribution in [2.24, 2.45) is 7.05 Å². The second-order valence-electron chi connectivity index (χ2n) is 8.55. The minimum atomic E-state index is 0.366. The summed E-state index contributed by atoms with van der Waals surface area (Å²) in [5, 5.41) is 8.32. The van der Waals surface area contributed by atoms with Crippen LogP contribution in [0.1, 0.15) is 18.9 Å². The molecule has 1 N–H and O–H groups in total. The summed E-state index contributed by atoms with van der Waals surface area (Å²) in [5.74, 6) is 2.30. The molecule has 0 aliphatic carbocycles. The number of hydrogen-bond acceptors (Lipinski definition) is 8. The van der Waals surface area contributed by atoms with Gasteiger partial charge in [-0.1, -0.05) is 0 Å². The molecule has 33 heavy (non-hydrogen) atoms. The normalized spacial score (nSPS) is 19.3. The third-order valence-electron chi connectivity index (χ3n) is 6.43. The van der Waals surface area contributed by atoms with Gasteiger partial charge in [0, 0.05) is 50.8 Å². The van der Waals surface area contributed by atoms with Gasteiger partial charge in [-0.2, -0.15) is 5.10 Å². The molecule has 1 unspecified atom stereocenters. The standard InChI is InChI=1S/C23H27N9O/c1-30-21(16-4-8-24-9-5-16)26-19-22(30)27-20(28-23(19)31-11-13-33-14-12-31)18-6-10-32(29-18)17-3-2-7-25-15-17/h4-6,8-10,17,25H,2-3,7,11-15H2,1H3. The summed E-state index contributed by atoms with van der Waals surface area (Å²) in [6, 6.07) is 6.30. The zero-order valence-corrected chi connectivity index (χ0v) is 18.7. The molecule has 6 heterocycles. The highest BCUT2D eigenvalue weighted by molar-refractivity contribution is 5.88. The molecule has 170 valence electrons. The lowest BCUT2D eigenvalue weighted by molar-refractivity contribution is 0.122. The van der Waals surface area contributed by atoms with Crippen LogP contribution in [0.25, 0.3) is 34.1 Å². The monoisotopic (exact) mass is 445 g/mol. The molecule has 4 aromatic rings. The molecule has 10 nitrogen and oxygen atoms in total. The summed E-state index contributed by atoms with van der Waals surface area (Å²) >= 11 is 0. The smallest absolute Gasteiger partial charge is 0.184 e. The molecule has 0 saturated carbocycles. The van der Waals surface area contributed by atoms with Gasteiger partial charge in [-0.25, -0.2) is 15.0 Å². The van der Waals surface area contributed by atoms with Gasteiger partial charge in [-0.05, 0) is 37.6 Å². The largest absolute Gasteiger partial charge is 0.378 e. The molecule has 2 aliphatic heterocycles. The van der Waals surface area contributed by atoms with E-state index in [0.717, 1.165) is 73.1 Å². The van der Waals surface area contributed by atoms with Crippen molar-refractivity contribution in [2.45, 2.75) is 18.9 Å². The summed E-state index contributed by atoms with van der Waals surface area (Å²) in [4.78, 5) is 21.3. The molecule has 2 fully saturated rings. The van der Waals surface area contributed by atoms with E-state index in [4.69, 9.17) is 24.8 Å². The van der Waals surface area contributed by atoms with Crippen LogP contribution in [0, 0.1) is 0 Å². The van der Waals surface area contributed by atoms with Crippen molar-refractivity contribution in [3.63, 3.8) is 0 Å². The SMILES string of the molecule is Cn1c(-c2ccncc2)nc2c(N3CCOCC3)nc(-c3ccn(C4CCCNC4)n3)nc21. The fourth-order valence-corrected chi connectivity index (χ4v) is 4.64. The van der Waals surface area contributed by atoms with Crippen molar-refractivity contribution in [1.82, 2.24) is 39.6 Å². The van der Waals surface area contributed by atoms with E-state index in [1.807, 2.05) is 36.0 Å². The molecule has 0 amide bonds. The van der Waals surface area contributed by atoms with Crippen molar-refractivity contribution in [2.75, 3.05) is 44.3 Å². The first kappa shape index (κ1) is 20.3. The van der Waals surface area contributed by atoms with E-state index in [0.29, 0.717) is 25.1 Å². The van der Waals surface area contributed by atoms with Gasteiger partial charge in [0.1, 0.15) is 11.5 Å². The second kappa shape index (κ2) is 8.53. The van der Waals surface area contributed by atoms with Gasteiger partial charge < -0.3 is 19.5 Å². The summed E-state index contributed by atoms with van der Waals surface area (Å²) in [6.07, 6.45) is 7.89. The van der Waals surface area contributed by atoms with Crippen molar-refractivity contribution in [3.8, 4) is 22.9 Å². The third-order valence-corrected chi connectivity index (χ3v) is 6.43. The van der Waals surface area contributed by atoms with Crippen molar-refractivity contribution in [1.29, 1.82) is 0 Å². The van der Waals surface area contributed by atoms with Gasteiger partial charge in [0.25, 0.3) is 0 Å². The maximum absolute atomic E-state index is 5.58. The predicted molar refractivity (Wildman–Crippen MR) is 125 cm³/mol. The second-order valence-corrected chi connectivity index (χ2v) is 8.55. The number of nitrogens with zero attached hydrogens (tertiary/aromatic N) is 8. The molecule has 2 aliphatic rings. The number of rotatable bonds is 4. The lowest BCUT2D eigenvalue weighted by atomic mass is 10.1.